The minimum Gasteiger partial charge on any atom is -0.481 e. The number of carboxylic acid groups (broad SMARTS) is 2. The van der Waals surface area contributed by atoms with Crippen LogP contribution < -0.4 is 5.73 Å². The van der Waals surface area contributed by atoms with Gasteiger partial charge in [0.15, 0.2) is 0 Å². The monoisotopic (exact) mass is 237 g/mol. The maximum absolute atomic E-state index is 11.0. The molecule has 0 aromatic heterocycles. The van der Waals surface area contributed by atoms with Gasteiger partial charge in [0.1, 0.15) is 6.04 Å². The molecule has 0 saturated carbocycles. The number of nitrogens with two attached hydrogens (primary N) is 1. The van der Waals surface area contributed by atoms with Crippen molar-refractivity contribution in [3.63, 3.8) is 0 Å². The lowest BCUT2D eigenvalue weighted by molar-refractivity contribution is -0.149. The predicted octanol–water partition coefficient (Wildman–Crippen LogP) is 0.650. The molecule has 0 aliphatic heterocycles. The number of aryl methyl sites for hydroxylation is 1. The van der Waals surface area contributed by atoms with E-state index in [0.717, 1.165) is 11.1 Å². The van der Waals surface area contributed by atoms with Gasteiger partial charge in [-0.1, -0.05) is 29.8 Å². The molecule has 4 N–H and O–H groups in total. The first-order valence-electron chi connectivity index (χ1n) is 5.18. The Labute approximate surface area is 98.9 Å². The summed E-state index contributed by atoms with van der Waals surface area (Å²) in [6.45, 7) is 1.89. The minimum absolute atomic E-state index is 0.116. The second-order valence-corrected chi connectivity index (χ2v) is 4.00. The normalized spacial score (nSPS) is 14.0. The zero-order valence-corrected chi connectivity index (χ0v) is 9.46. The highest BCUT2D eigenvalue weighted by molar-refractivity contribution is 5.82. The Bertz CT molecular complexity index is 430. The van der Waals surface area contributed by atoms with Crippen LogP contribution in [-0.4, -0.2) is 28.2 Å². The van der Waals surface area contributed by atoms with Gasteiger partial charge in [0.2, 0.25) is 0 Å². The van der Waals surface area contributed by atoms with E-state index in [4.69, 9.17) is 15.9 Å². The fourth-order valence-electron chi connectivity index (χ4n) is 1.63. The average molecular weight is 237 g/mol. The number of hydrogen-bond donors (Lipinski definition) is 3. The first-order valence-corrected chi connectivity index (χ1v) is 5.18. The van der Waals surface area contributed by atoms with Crippen molar-refractivity contribution < 1.29 is 19.8 Å². The fourth-order valence-corrected chi connectivity index (χ4v) is 1.63. The highest BCUT2D eigenvalue weighted by atomic mass is 16.4. The summed E-state index contributed by atoms with van der Waals surface area (Å²) in [6, 6.07) is 5.88. The number of benzene rings is 1. The second-order valence-electron chi connectivity index (χ2n) is 4.00. The van der Waals surface area contributed by atoms with E-state index in [2.05, 4.69) is 0 Å². The number of aliphatic carboxylic acids is 2. The van der Waals surface area contributed by atoms with Gasteiger partial charge in [-0.05, 0) is 18.9 Å². The standard InChI is InChI=1S/C12H15NO4/c1-7-3-2-4-8(5-7)6-9(11(14)15)10(13)12(16)17/h2-5,9-10H,6,13H2,1H3,(H,14,15)(H,16,17)/t9?,10-/m0/s1. The van der Waals surface area contributed by atoms with Crippen LogP contribution in [0.1, 0.15) is 11.1 Å². The number of carboxylic acids is 2. The van der Waals surface area contributed by atoms with Crippen LogP contribution in [0, 0.1) is 12.8 Å². The van der Waals surface area contributed by atoms with Crippen molar-refractivity contribution in [2.45, 2.75) is 19.4 Å². The van der Waals surface area contributed by atoms with Crippen molar-refractivity contribution in [2.75, 3.05) is 0 Å². The lowest BCUT2D eigenvalue weighted by atomic mass is 9.92. The Morgan fingerprint density at radius 1 is 1.29 bits per heavy atom. The predicted molar refractivity (Wildman–Crippen MR) is 61.6 cm³/mol. The zero-order chi connectivity index (χ0) is 13.0. The van der Waals surface area contributed by atoms with Gasteiger partial charge in [-0.25, -0.2) is 0 Å². The summed E-state index contributed by atoms with van der Waals surface area (Å²) in [6.07, 6.45) is 0.116. The van der Waals surface area contributed by atoms with E-state index in [9.17, 15) is 9.59 Å². The Kier molecular flexibility index (Phi) is 4.23. The van der Waals surface area contributed by atoms with Gasteiger partial charge in [-0.2, -0.15) is 0 Å². The van der Waals surface area contributed by atoms with Crippen LogP contribution >= 0.6 is 0 Å². The Balaban J connectivity index is 2.88. The first kappa shape index (κ1) is 13.2. The molecule has 2 atom stereocenters. The molecule has 0 spiro atoms. The maximum Gasteiger partial charge on any atom is 0.321 e. The molecule has 0 amide bonds. The van der Waals surface area contributed by atoms with Crippen LogP contribution in [0.2, 0.25) is 0 Å². The number of hydrogen-bond acceptors (Lipinski definition) is 3. The Hall–Kier alpha value is -1.88. The van der Waals surface area contributed by atoms with E-state index in [0.29, 0.717) is 0 Å². The lowest BCUT2D eigenvalue weighted by Gasteiger charge is -2.16. The highest BCUT2D eigenvalue weighted by Crippen LogP contribution is 2.14. The minimum atomic E-state index is -1.40. The van der Waals surface area contributed by atoms with Crippen molar-refractivity contribution in [1.82, 2.24) is 0 Å². The second kappa shape index (κ2) is 5.45. The van der Waals surface area contributed by atoms with Crippen molar-refractivity contribution in [2.24, 2.45) is 11.7 Å². The molecule has 17 heavy (non-hydrogen) atoms. The molecule has 5 nitrogen and oxygen atoms in total. The smallest absolute Gasteiger partial charge is 0.321 e. The van der Waals surface area contributed by atoms with Crippen molar-refractivity contribution in [1.29, 1.82) is 0 Å². The summed E-state index contributed by atoms with van der Waals surface area (Å²) in [4.78, 5) is 21.7. The summed E-state index contributed by atoms with van der Waals surface area (Å²) in [5, 5.41) is 17.7. The van der Waals surface area contributed by atoms with Gasteiger partial charge < -0.3 is 15.9 Å². The molecule has 0 bridgehead atoms. The molecule has 0 fully saturated rings. The molecule has 0 aliphatic carbocycles. The molecule has 1 aromatic carbocycles. The van der Waals surface area contributed by atoms with Gasteiger partial charge in [0.25, 0.3) is 0 Å². The molecule has 0 aliphatic rings. The molecule has 1 aromatic rings. The van der Waals surface area contributed by atoms with Gasteiger partial charge in [-0.15, -0.1) is 0 Å². The summed E-state index contributed by atoms with van der Waals surface area (Å²) in [5.74, 6) is -3.61. The van der Waals surface area contributed by atoms with Crippen LogP contribution in [0.5, 0.6) is 0 Å². The third-order valence-electron chi connectivity index (χ3n) is 2.57. The third-order valence-corrected chi connectivity index (χ3v) is 2.57. The van der Waals surface area contributed by atoms with Crippen molar-refractivity contribution in [3.05, 3.63) is 35.4 Å². The van der Waals surface area contributed by atoms with Crippen LogP contribution in [0.4, 0.5) is 0 Å². The van der Waals surface area contributed by atoms with Crippen LogP contribution in [0.15, 0.2) is 24.3 Å². The molecule has 0 heterocycles. The molecular weight excluding hydrogens is 222 g/mol. The van der Waals surface area contributed by atoms with E-state index in [-0.39, 0.29) is 6.42 Å². The van der Waals surface area contributed by atoms with E-state index >= 15 is 0 Å². The Morgan fingerprint density at radius 2 is 1.94 bits per heavy atom. The van der Waals surface area contributed by atoms with Gasteiger partial charge in [0, 0.05) is 0 Å². The Morgan fingerprint density at radius 3 is 2.41 bits per heavy atom. The lowest BCUT2D eigenvalue weighted by Crippen LogP contribution is -2.43. The van der Waals surface area contributed by atoms with Crippen molar-refractivity contribution in [3.8, 4) is 0 Å². The quantitative estimate of drug-likeness (QED) is 0.698. The van der Waals surface area contributed by atoms with Crippen molar-refractivity contribution >= 4 is 11.9 Å². The van der Waals surface area contributed by atoms with Gasteiger partial charge in [-0.3, -0.25) is 9.59 Å². The maximum atomic E-state index is 11.0. The number of carbonyl (C=O) groups is 2. The van der Waals surface area contributed by atoms with Crippen LogP contribution in [-0.2, 0) is 16.0 Å². The van der Waals surface area contributed by atoms with E-state index in [1.54, 1.807) is 12.1 Å². The molecular formula is C12H15NO4. The molecule has 1 rings (SSSR count). The summed E-state index contributed by atoms with van der Waals surface area (Å²) in [5.41, 5.74) is 7.14. The molecule has 5 heteroatoms. The third kappa shape index (κ3) is 3.57. The summed E-state index contributed by atoms with van der Waals surface area (Å²) in [7, 11) is 0. The SMILES string of the molecule is Cc1cccc(CC(C(=O)O)[C@H](N)C(=O)O)c1. The average Bonchev–Trinajstić information content (AvgIpc) is 2.24. The fraction of sp³-hybridized carbons (Fsp3) is 0.333. The van der Waals surface area contributed by atoms with E-state index in [1.807, 2.05) is 19.1 Å². The highest BCUT2D eigenvalue weighted by Gasteiger charge is 2.30. The molecule has 0 radical (unpaired) electrons. The first-order chi connectivity index (χ1) is 7.91. The van der Waals surface area contributed by atoms with Gasteiger partial charge in [0.05, 0.1) is 5.92 Å². The van der Waals surface area contributed by atoms with Crippen LogP contribution in [0.25, 0.3) is 0 Å². The van der Waals surface area contributed by atoms with Gasteiger partial charge >= 0.3 is 11.9 Å². The zero-order valence-electron chi connectivity index (χ0n) is 9.46. The topological polar surface area (TPSA) is 101 Å². The molecule has 92 valence electrons. The molecule has 0 saturated heterocycles. The molecule has 1 unspecified atom stereocenters. The summed E-state index contributed by atoms with van der Waals surface area (Å²) < 4.78 is 0. The van der Waals surface area contributed by atoms with Crippen LogP contribution in [0.3, 0.4) is 0 Å². The van der Waals surface area contributed by atoms with E-state index < -0.39 is 23.9 Å². The summed E-state index contributed by atoms with van der Waals surface area (Å²) >= 11 is 0. The number of rotatable bonds is 5. The largest absolute Gasteiger partial charge is 0.481 e. The van der Waals surface area contributed by atoms with E-state index in [1.165, 1.54) is 0 Å².